The van der Waals surface area contributed by atoms with Gasteiger partial charge in [-0.3, -0.25) is 9.58 Å². The standard InChI is InChI=1S/C22H27N5O/c1-16-11-21(22-13-18-14-23-5-2-6-27(18)25-22)24-20-4-3-17(12-19(16)20)15-26-7-9-28-10-8-26/h3-4,11-13,23H,2,5-10,14-15H2,1H3. The van der Waals surface area contributed by atoms with Gasteiger partial charge in [-0.1, -0.05) is 6.07 Å². The second-order valence-corrected chi connectivity index (χ2v) is 7.84. The first-order chi connectivity index (χ1) is 13.8. The predicted molar refractivity (Wildman–Crippen MR) is 110 cm³/mol. The molecular formula is C22H27N5O. The number of nitrogens with zero attached hydrogens (tertiary/aromatic N) is 4. The zero-order valence-corrected chi connectivity index (χ0v) is 16.4. The minimum atomic E-state index is 0.835. The number of hydrogen-bond donors (Lipinski definition) is 1. The number of rotatable bonds is 3. The summed E-state index contributed by atoms with van der Waals surface area (Å²) in [6, 6.07) is 11.0. The van der Waals surface area contributed by atoms with Gasteiger partial charge in [0.05, 0.1) is 30.1 Å². The Hall–Kier alpha value is -2.28. The molecule has 2 aromatic heterocycles. The van der Waals surface area contributed by atoms with Gasteiger partial charge < -0.3 is 10.1 Å². The van der Waals surface area contributed by atoms with Crippen LogP contribution in [0.15, 0.2) is 30.3 Å². The van der Waals surface area contributed by atoms with Crippen LogP contribution in [0.1, 0.15) is 23.2 Å². The van der Waals surface area contributed by atoms with Crippen molar-refractivity contribution in [2.24, 2.45) is 0 Å². The summed E-state index contributed by atoms with van der Waals surface area (Å²) in [5.74, 6) is 0. The van der Waals surface area contributed by atoms with Crippen LogP contribution in [-0.2, 0) is 24.4 Å². The lowest BCUT2D eigenvalue weighted by molar-refractivity contribution is 0.0342. The van der Waals surface area contributed by atoms with Gasteiger partial charge in [-0.25, -0.2) is 4.98 Å². The molecule has 3 aromatic rings. The van der Waals surface area contributed by atoms with Crippen LogP contribution in [0, 0.1) is 6.92 Å². The number of pyridine rings is 1. The molecule has 6 nitrogen and oxygen atoms in total. The lowest BCUT2D eigenvalue weighted by Gasteiger charge is -2.26. The van der Waals surface area contributed by atoms with E-state index >= 15 is 0 Å². The molecule has 6 heteroatoms. The van der Waals surface area contributed by atoms with Gasteiger partial charge in [-0.2, -0.15) is 5.10 Å². The number of aromatic nitrogens is 3. The van der Waals surface area contributed by atoms with Gasteiger partial charge in [0.25, 0.3) is 0 Å². The van der Waals surface area contributed by atoms with E-state index in [-0.39, 0.29) is 0 Å². The zero-order chi connectivity index (χ0) is 18.9. The second kappa shape index (κ2) is 7.62. The van der Waals surface area contributed by atoms with E-state index in [1.807, 2.05) is 0 Å². The Bertz CT molecular complexity index is 967. The maximum absolute atomic E-state index is 5.46. The molecule has 146 valence electrons. The summed E-state index contributed by atoms with van der Waals surface area (Å²) >= 11 is 0. The molecule has 4 heterocycles. The molecule has 28 heavy (non-hydrogen) atoms. The van der Waals surface area contributed by atoms with E-state index in [1.165, 1.54) is 22.2 Å². The molecule has 1 fully saturated rings. The highest BCUT2D eigenvalue weighted by atomic mass is 16.5. The Morgan fingerprint density at radius 3 is 2.86 bits per heavy atom. The summed E-state index contributed by atoms with van der Waals surface area (Å²) in [6.45, 7) is 9.74. The van der Waals surface area contributed by atoms with Crippen molar-refractivity contribution in [2.45, 2.75) is 33.0 Å². The average molecular weight is 377 g/mol. The van der Waals surface area contributed by atoms with E-state index in [4.69, 9.17) is 14.8 Å². The molecule has 1 N–H and O–H groups in total. The quantitative estimate of drug-likeness (QED) is 0.761. The zero-order valence-electron chi connectivity index (χ0n) is 16.4. The summed E-state index contributed by atoms with van der Waals surface area (Å²) in [5, 5.41) is 9.51. The van der Waals surface area contributed by atoms with Crippen LogP contribution in [0.2, 0.25) is 0 Å². The van der Waals surface area contributed by atoms with E-state index in [0.29, 0.717) is 0 Å². The van der Waals surface area contributed by atoms with Gasteiger partial charge in [-0.05, 0) is 55.3 Å². The van der Waals surface area contributed by atoms with Crippen LogP contribution in [0.5, 0.6) is 0 Å². The van der Waals surface area contributed by atoms with Crippen molar-refractivity contribution in [1.29, 1.82) is 0 Å². The SMILES string of the molecule is Cc1cc(-c2cc3n(n2)CCCNC3)nc2ccc(CN3CCOCC3)cc12. The van der Waals surface area contributed by atoms with E-state index in [0.717, 1.165) is 75.8 Å². The summed E-state index contributed by atoms with van der Waals surface area (Å²) in [5.41, 5.74) is 6.82. The molecule has 2 aliphatic rings. The molecule has 0 saturated carbocycles. The van der Waals surface area contributed by atoms with E-state index in [1.54, 1.807) is 0 Å². The monoisotopic (exact) mass is 377 g/mol. The van der Waals surface area contributed by atoms with Gasteiger partial charge in [0.1, 0.15) is 5.69 Å². The second-order valence-electron chi connectivity index (χ2n) is 7.84. The number of aryl methyl sites for hydroxylation is 2. The number of nitrogens with one attached hydrogen (secondary N) is 1. The fourth-order valence-electron chi connectivity index (χ4n) is 4.18. The minimum Gasteiger partial charge on any atom is -0.379 e. The summed E-state index contributed by atoms with van der Waals surface area (Å²) < 4.78 is 7.58. The highest BCUT2D eigenvalue weighted by molar-refractivity contribution is 5.85. The molecular weight excluding hydrogens is 350 g/mol. The third-order valence-corrected chi connectivity index (χ3v) is 5.75. The molecule has 0 aliphatic carbocycles. The minimum absolute atomic E-state index is 0.835. The number of benzene rings is 1. The molecule has 0 spiro atoms. The number of hydrogen-bond acceptors (Lipinski definition) is 5. The van der Waals surface area contributed by atoms with Gasteiger partial charge in [0.2, 0.25) is 0 Å². The topological polar surface area (TPSA) is 55.2 Å². The first kappa shape index (κ1) is 17.8. The molecule has 0 atom stereocenters. The molecule has 0 bridgehead atoms. The third-order valence-electron chi connectivity index (χ3n) is 5.75. The van der Waals surface area contributed by atoms with Crippen LogP contribution < -0.4 is 5.32 Å². The van der Waals surface area contributed by atoms with Crippen LogP contribution in [0.25, 0.3) is 22.3 Å². The Morgan fingerprint density at radius 2 is 1.96 bits per heavy atom. The molecule has 1 saturated heterocycles. The molecule has 0 amide bonds. The van der Waals surface area contributed by atoms with Crippen molar-refractivity contribution in [3.8, 4) is 11.4 Å². The van der Waals surface area contributed by atoms with Crippen LogP contribution in [-0.4, -0.2) is 52.5 Å². The Kier molecular flexibility index (Phi) is 4.84. The van der Waals surface area contributed by atoms with Crippen molar-refractivity contribution in [3.05, 3.63) is 47.2 Å². The highest BCUT2D eigenvalue weighted by Crippen LogP contribution is 2.26. The van der Waals surface area contributed by atoms with Gasteiger partial charge >= 0.3 is 0 Å². The van der Waals surface area contributed by atoms with Crippen molar-refractivity contribution >= 4 is 10.9 Å². The first-order valence-electron chi connectivity index (χ1n) is 10.2. The fraction of sp³-hybridized carbons (Fsp3) is 0.455. The molecule has 0 unspecified atom stereocenters. The predicted octanol–water partition coefficient (Wildman–Crippen LogP) is 2.73. The third kappa shape index (κ3) is 3.55. The van der Waals surface area contributed by atoms with Crippen LogP contribution in [0.3, 0.4) is 0 Å². The molecule has 0 radical (unpaired) electrons. The maximum Gasteiger partial charge on any atom is 0.111 e. The van der Waals surface area contributed by atoms with Crippen molar-refractivity contribution < 1.29 is 4.74 Å². The van der Waals surface area contributed by atoms with E-state index < -0.39 is 0 Å². The summed E-state index contributed by atoms with van der Waals surface area (Å²) in [7, 11) is 0. The van der Waals surface area contributed by atoms with Gasteiger partial charge in [0.15, 0.2) is 0 Å². The lowest BCUT2D eigenvalue weighted by Crippen LogP contribution is -2.35. The Balaban J connectivity index is 1.45. The van der Waals surface area contributed by atoms with E-state index in [9.17, 15) is 0 Å². The maximum atomic E-state index is 5.46. The molecule has 2 aliphatic heterocycles. The van der Waals surface area contributed by atoms with Crippen molar-refractivity contribution in [1.82, 2.24) is 25.0 Å². The van der Waals surface area contributed by atoms with Gasteiger partial charge in [-0.15, -0.1) is 0 Å². The van der Waals surface area contributed by atoms with E-state index in [2.05, 4.69) is 52.2 Å². The largest absolute Gasteiger partial charge is 0.379 e. The first-order valence-corrected chi connectivity index (χ1v) is 10.2. The van der Waals surface area contributed by atoms with Gasteiger partial charge in [0, 0.05) is 38.1 Å². The lowest BCUT2D eigenvalue weighted by atomic mass is 10.0. The molecule has 5 rings (SSSR count). The molecule has 1 aromatic carbocycles. The fourth-order valence-corrected chi connectivity index (χ4v) is 4.18. The number of ether oxygens (including phenoxy) is 1. The summed E-state index contributed by atoms with van der Waals surface area (Å²) in [6.07, 6.45) is 1.12. The van der Waals surface area contributed by atoms with Crippen LogP contribution >= 0.6 is 0 Å². The number of morpholine rings is 1. The Morgan fingerprint density at radius 1 is 1.07 bits per heavy atom. The average Bonchev–Trinajstić information content (AvgIpc) is 3.00. The highest BCUT2D eigenvalue weighted by Gasteiger charge is 2.15. The van der Waals surface area contributed by atoms with Crippen molar-refractivity contribution in [3.63, 3.8) is 0 Å². The number of fused-ring (bicyclic) bond motifs is 2. The normalized spacial score (nSPS) is 18.2. The Labute approximate surface area is 165 Å². The smallest absolute Gasteiger partial charge is 0.111 e. The van der Waals surface area contributed by atoms with Crippen LogP contribution in [0.4, 0.5) is 0 Å². The van der Waals surface area contributed by atoms with Crippen molar-refractivity contribution in [2.75, 3.05) is 32.8 Å². The summed E-state index contributed by atoms with van der Waals surface area (Å²) in [4.78, 5) is 7.38.